The van der Waals surface area contributed by atoms with E-state index in [2.05, 4.69) is 63.0 Å². The van der Waals surface area contributed by atoms with E-state index in [1.165, 1.54) is 30.5 Å². The molecule has 0 radical (unpaired) electrons. The Kier molecular flexibility index (Phi) is 7.86. The second kappa shape index (κ2) is 10.4. The fourth-order valence-corrected chi connectivity index (χ4v) is 4.33. The van der Waals surface area contributed by atoms with Crippen molar-refractivity contribution in [3.05, 3.63) is 60.2 Å². The third-order valence-electron chi connectivity index (χ3n) is 6.33. The lowest BCUT2D eigenvalue weighted by molar-refractivity contribution is 0.414. The van der Waals surface area contributed by atoms with Crippen molar-refractivity contribution in [2.75, 3.05) is 45.2 Å². The van der Waals surface area contributed by atoms with Gasteiger partial charge in [0.25, 0.3) is 0 Å². The number of nitrogens with one attached hydrogen (secondary N) is 2. The summed E-state index contributed by atoms with van der Waals surface area (Å²) >= 11 is 0. The van der Waals surface area contributed by atoms with Gasteiger partial charge in [0.1, 0.15) is 5.75 Å². The summed E-state index contributed by atoms with van der Waals surface area (Å²) in [6.45, 7) is 3.98. The number of anilines is 1. The van der Waals surface area contributed by atoms with Crippen molar-refractivity contribution >= 4 is 35.6 Å². The van der Waals surface area contributed by atoms with Gasteiger partial charge in [-0.25, -0.2) is 0 Å². The maximum Gasteiger partial charge on any atom is 0.191 e. The zero-order chi connectivity index (χ0) is 20.1. The van der Waals surface area contributed by atoms with Crippen molar-refractivity contribution < 1.29 is 4.74 Å². The molecular weight excluding hydrogens is 487 g/mol. The second-order valence-electron chi connectivity index (χ2n) is 8.23. The van der Waals surface area contributed by atoms with E-state index in [9.17, 15) is 0 Å². The summed E-state index contributed by atoms with van der Waals surface area (Å²) in [6, 6.07) is 19.1. The molecule has 1 unspecified atom stereocenters. The van der Waals surface area contributed by atoms with Crippen molar-refractivity contribution in [1.29, 1.82) is 0 Å². The van der Waals surface area contributed by atoms with Crippen LogP contribution in [-0.4, -0.2) is 46.3 Å². The monoisotopic (exact) mass is 520 g/mol. The van der Waals surface area contributed by atoms with Gasteiger partial charge in [-0.3, -0.25) is 4.99 Å². The Morgan fingerprint density at radius 2 is 1.83 bits per heavy atom. The zero-order valence-corrected chi connectivity index (χ0v) is 20.3. The summed E-state index contributed by atoms with van der Waals surface area (Å²) in [4.78, 5) is 6.87. The van der Waals surface area contributed by atoms with E-state index in [0.717, 1.165) is 37.9 Å². The fraction of sp³-hybridized carbons (Fsp3) is 0.458. The number of methoxy groups -OCH3 is 1. The lowest BCUT2D eigenvalue weighted by atomic mass is 9.96. The first-order chi connectivity index (χ1) is 14.2. The van der Waals surface area contributed by atoms with Crippen LogP contribution in [0.1, 0.15) is 24.8 Å². The minimum absolute atomic E-state index is 0. The fourth-order valence-electron chi connectivity index (χ4n) is 4.33. The van der Waals surface area contributed by atoms with E-state index in [-0.39, 0.29) is 29.4 Å². The molecule has 5 nitrogen and oxygen atoms in total. The smallest absolute Gasteiger partial charge is 0.191 e. The molecule has 30 heavy (non-hydrogen) atoms. The Labute approximate surface area is 197 Å². The van der Waals surface area contributed by atoms with Crippen LogP contribution in [0.5, 0.6) is 5.75 Å². The summed E-state index contributed by atoms with van der Waals surface area (Å²) in [5, 5.41) is 7.11. The number of hydrogen-bond donors (Lipinski definition) is 2. The standard InChI is InChI=1S/C24H32N4O.HI/c1-25-23(27-18-24(13-14-24)20-8-4-3-5-9-20)26-16-19-12-15-28(17-19)21-10-6-7-11-22(21)29-2;/h3-11,19H,12-18H2,1-2H3,(H2,25,26,27);1H. The normalized spacial score (nSPS) is 19.7. The van der Waals surface area contributed by atoms with Crippen molar-refractivity contribution in [2.45, 2.75) is 24.7 Å². The number of para-hydroxylation sites is 2. The maximum absolute atomic E-state index is 5.53. The first-order valence-corrected chi connectivity index (χ1v) is 10.6. The van der Waals surface area contributed by atoms with Gasteiger partial charge in [-0.15, -0.1) is 24.0 Å². The van der Waals surface area contributed by atoms with Crippen LogP contribution in [0.25, 0.3) is 0 Å². The van der Waals surface area contributed by atoms with Crippen LogP contribution in [0, 0.1) is 5.92 Å². The van der Waals surface area contributed by atoms with Gasteiger partial charge in [0, 0.05) is 38.6 Å². The molecule has 0 bridgehead atoms. The lowest BCUT2D eigenvalue weighted by Gasteiger charge is -2.22. The van der Waals surface area contributed by atoms with E-state index in [1.807, 2.05) is 19.2 Å². The van der Waals surface area contributed by atoms with E-state index in [0.29, 0.717) is 5.92 Å². The predicted molar refractivity (Wildman–Crippen MR) is 135 cm³/mol. The lowest BCUT2D eigenvalue weighted by Crippen LogP contribution is -2.43. The van der Waals surface area contributed by atoms with Gasteiger partial charge in [0.2, 0.25) is 0 Å². The average molecular weight is 520 g/mol. The number of guanidine groups is 1. The Morgan fingerprint density at radius 3 is 2.53 bits per heavy atom. The van der Waals surface area contributed by atoms with Crippen LogP contribution in [0.4, 0.5) is 5.69 Å². The summed E-state index contributed by atoms with van der Waals surface area (Å²) in [7, 11) is 3.60. The molecule has 1 atom stereocenters. The molecule has 2 aromatic carbocycles. The van der Waals surface area contributed by atoms with Gasteiger partial charge in [-0.1, -0.05) is 42.5 Å². The Hall–Kier alpha value is -1.96. The van der Waals surface area contributed by atoms with Gasteiger partial charge < -0.3 is 20.3 Å². The van der Waals surface area contributed by atoms with Crippen LogP contribution in [-0.2, 0) is 5.41 Å². The van der Waals surface area contributed by atoms with Crippen molar-refractivity contribution in [3.8, 4) is 5.75 Å². The highest BCUT2D eigenvalue weighted by Gasteiger charge is 2.44. The molecule has 1 aliphatic carbocycles. The zero-order valence-electron chi connectivity index (χ0n) is 17.9. The van der Waals surface area contributed by atoms with Crippen molar-refractivity contribution in [3.63, 3.8) is 0 Å². The summed E-state index contributed by atoms with van der Waals surface area (Å²) in [6.07, 6.45) is 3.67. The van der Waals surface area contributed by atoms with Crippen molar-refractivity contribution in [1.82, 2.24) is 10.6 Å². The van der Waals surface area contributed by atoms with Gasteiger partial charge in [-0.2, -0.15) is 0 Å². The summed E-state index contributed by atoms with van der Waals surface area (Å²) in [5.41, 5.74) is 2.91. The molecule has 2 fully saturated rings. The molecule has 1 saturated heterocycles. The third-order valence-corrected chi connectivity index (χ3v) is 6.33. The van der Waals surface area contributed by atoms with Gasteiger partial charge >= 0.3 is 0 Å². The number of rotatable bonds is 7. The van der Waals surface area contributed by atoms with Crippen LogP contribution < -0.4 is 20.3 Å². The molecule has 4 rings (SSSR count). The summed E-state index contributed by atoms with van der Waals surface area (Å²) < 4.78 is 5.53. The topological polar surface area (TPSA) is 48.9 Å². The van der Waals surface area contributed by atoms with E-state index < -0.39 is 0 Å². The molecule has 2 N–H and O–H groups in total. The third kappa shape index (κ3) is 5.20. The van der Waals surface area contributed by atoms with Gasteiger partial charge in [-0.05, 0) is 42.9 Å². The average Bonchev–Trinajstić information content (AvgIpc) is 3.43. The van der Waals surface area contributed by atoms with E-state index in [1.54, 1.807) is 7.11 Å². The Bertz CT molecular complexity index is 838. The highest BCUT2D eigenvalue weighted by Crippen LogP contribution is 2.47. The maximum atomic E-state index is 5.53. The van der Waals surface area contributed by atoms with Gasteiger partial charge in [0.05, 0.1) is 12.8 Å². The highest BCUT2D eigenvalue weighted by atomic mass is 127. The van der Waals surface area contributed by atoms with Crippen molar-refractivity contribution in [2.24, 2.45) is 10.9 Å². The van der Waals surface area contributed by atoms with Crippen LogP contribution in [0.3, 0.4) is 0 Å². The second-order valence-corrected chi connectivity index (χ2v) is 8.23. The molecule has 0 aromatic heterocycles. The van der Waals surface area contributed by atoms with Crippen LogP contribution in [0.2, 0.25) is 0 Å². The summed E-state index contributed by atoms with van der Waals surface area (Å²) in [5.74, 6) is 2.46. The minimum atomic E-state index is 0. The van der Waals surface area contributed by atoms with Crippen LogP contribution >= 0.6 is 24.0 Å². The molecule has 2 aromatic rings. The molecule has 1 heterocycles. The van der Waals surface area contributed by atoms with Crippen LogP contribution in [0.15, 0.2) is 59.6 Å². The molecule has 1 aliphatic heterocycles. The molecule has 2 aliphatic rings. The minimum Gasteiger partial charge on any atom is -0.495 e. The largest absolute Gasteiger partial charge is 0.495 e. The molecule has 0 spiro atoms. The predicted octanol–water partition coefficient (Wildman–Crippen LogP) is 4.04. The number of halogens is 1. The number of hydrogen-bond acceptors (Lipinski definition) is 3. The highest BCUT2D eigenvalue weighted by molar-refractivity contribution is 14.0. The van der Waals surface area contributed by atoms with Gasteiger partial charge in [0.15, 0.2) is 5.96 Å². The molecular formula is C24H33IN4O. The molecule has 1 saturated carbocycles. The number of ether oxygens (including phenoxy) is 1. The SMILES string of the molecule is CN=C(NCC1CCN(c2ccccc2OC)C1)NCC1(c2ccccc2)CC1.I. The molecule has 162 valence electrons. The number of benzene rings is 2. The first-order valence-electron chi connectivity index (χ1n) is 10.6. The molecule has 6 heteroatoms. The first kappa shape index (κ1) is 22.7. The number of aliphatic imine (C=N–C) groups is 1. The number of nitrogens with zero attached hydrogens (tertiary/aromatic N) is 2. The molecule has 0 amide bonds. The van der Waals surface area contributed by atoms with E-state index in [4.69, 9.17) is 4.74 Å². The van der Waals surface area contributed by atoms with E-state index >= 15 is 0 Å². The quantitative estimate of drug-likeness (QED) is 0.329. The Balaban J connectivity index is 0.00000256. The Morgan fingerprint density at radius 1 is 1.10 bits per heavy atom.